The quantitative estimate of drug-likeness (QED) is 0.291. The Hall–Kier alpha value is -3.25. The predicted octanol–water partition coefficient (Wildman–Crippen LogP) is 3.52. The molecule has 190 valence electrons. The van der Waals surface area contributed by atoms with E-state index in [9.17, 15) is 14.7 Å². The normalized spacial score (nSPS) is 20.5. The van der Waals surface area contributed by atoms with Crippen LogP contribution in [0.3, 0.4) is 0 Å². The molecule has 2 heterocycles. The van der Waals surface area contributed by atoms with Crippen LogP contribution in [0.15, 0.2) is 60.0 Å². The number of nitrogens with zero attached hydrogens (tertiary/aromatic N) is 2. The van der Waals surface area contributed by atoms with Crippen LogP contribution in [0.1, 0.15) is 49.4 Å². The van der Waals surface area contributed by atoms with E-state index in [4.69, 9.17) is 14.2 Å². The molecule has 0 saturated carbocycles. The second kappa shape index (κ2) is 12.1. The minimum atomic E-state index is -0.896. The average Bonchev–Trinajstić information content (AvgIpc) is 3.41. The number of hydrogen-bond donors (Lipinski definition) is 3. The van der Waals surface area contributed by atoms with Crippen LogP contribution in [0.2, 0.25) is 0 Å². The number of nitrogens with one attached hydrogen (secondary N) is 2. The zero-order chi connectivity index (χ0) is 25.5. The number of anilines is 1. The number of carbonyl (C=O) groups excluding carboxylic acids is 2. The third-order valence-corrected chi connectivity index (χ3v) is 6.58. The summed E-state index contributed by atoms with van der Waals surface area (Å²) in [7, 11) is 0. The fraction of sp³-hybridized carbons (Fsp3) is 0.360. The van der Waals surface area contributed by atoms with E-state index in [-0.39, 0.29) is 18.8 Å². The van der Waals surface area contributed by atoms with E-state index in [1.165, 1.54) is 31.9 Å². The minimum Gasteiger partial charge on any atom is -0.453 e. The fourth-order valence-corrected chi connectivity index (χ4v) is 4.53. The Morgan fingerprint density at radius 2 is 1.89 bits per heavy atom. The number of aromatic amines is 1. The van der Waals surface area contributed by atoms with Crippen LogP contribution in [0.5, 0.6) is 0 Å². The van der Waals surface area contributed by atoms with Gasteiger partial charge in [0.2, 0.25) is 0 Å². The topological polar surface area (TPSA) is 136 Å². The molecule has 0 bridgehead atoms. The number of aliphatic hydroxyl groups is 1. The largest absolute Gasteiger partial charge is 0.453 e. The van der Waals surface area contributed by atoms with Gasteiger partial charge in [0, 0.05) is 30.3 Å². The highest BCUT2D eigenvalue weighted by Gasteiger charge is 2.32. The van der Waals surface area contributed by atoms with Gasteiger partial charge in [0.25, 0.3) is 5.91 Å². The number of benzene rings is 2. The van der Waals surface area contributed by atoms with E-state index in [0.717, 1.165) is 16.7 Å². The second-order valence-corrected chi connectivity index (χ2v) is 9.32. The monoisotopic (exact) mass is 512 g/mol. The van der Waals surface area contributed by atoms with Crippen LogP contribution >= 0.6 is 11.8 Å². The van der Waals surface area contributed by atoms with Crippen LogP contribution in [0, 0.1) is 0 Å². The number of thioether (sulfide) groups is 1. The van der Waals surface area contributed by atoms with E-state index < -0.39 is 24.3 Å². The van der Waals surface area contributed by atoms with Crippen molar-refractivity contribution in [1.29, 1.82) is 0 Å². The molecule has 1 saturated heterocycles. The molecule has 1 aliphatic heterocycles. The van der Waals surface area contributed by atoms with Gasteiger partial charge in [-0.1, -0.05) is 48.2 Å². The summed E-state index contributed by atoms with van der Waals surface area (Å²) in [5, 5.41) is 19.5. The van der Waals surface area contributed by atoms with Crippen molar-refractivity contribution in [1.82, 2.24) is 15.2 Å². The molecule has 0 aliphatic carbocycles. The van der Waals surface area contributed by atoms with Gasteiger partial charge in [-0.25, -0.2) is 4.98 Å². The van der Waals surface area contributed by atoms with Crippen molar-refractivity contribution >= 4 is 29.3 Å². The first kappa shape index (κ1) is 25.8. The highest BCUT2D eigenvalue weighted by atomic mass is 32.2. The Labute approximate surface area is 212 Å². The number of amides is 1. The number of ether oxygens (including phenoxy) is 3. The summed E-state index contributed by atoms with van der Waals surface area (Å²) in [6.07, 6.45) is 0.276. The maximum absolute atomic E-state index is 12.2. The Kier molecular flexibility index (Phi) is 8.70. The molecule has 1 aromatic heterocycles. The van der Waals surface area contributed by atoms with Crippen LogP contribution in [-0.4, -0.2) is 50.1 Å². The summed E-state index contributed by atoms with van der Waals surface area (Å²) in [5.41, 5.74) is 3.19. The Morgan fingerprint density at radius 1 is 1.17 bits per heavy atom. The molecule has 1 amide bonds. The Balaban J connectivity index is 1.46. The zero-order valence-corrected chi connectivity index (χ0v) is 20.7. The van der Waals surface area contributed by atoms with Gasteiger partial charge in [-0.05, 0) is 30.2 Å². The predicted molar refractivity (Wildman–Crippen MR) is 132 cm³/mol. The molecule has 11 heteroatoms. The molecule has 4 rings (SSSR count). The van der Waals surface area contributed by atoms with Gasteiger partial charge in [-0.2, -0.15) is 5.10 Å². The average molecular weight is 513 g/mol. The van der Waals surface area contributed by atoms with E-state index in [0.29, 0.717) is 23.0 Å². The van der Waals surface area contributed by atoms with Crippen molar-refractivity contribution in [3.63, 3.8) is 0 Å². The molecular formula is C25H28N4O6S. The first-order chi connectivity index (χ1) is 17.4. The van der Waals surface area contributed by atoms with Crippen molar-refractivity contribution in [3.05, 3.63) is 71.5 Å². The second-order valence-electron chi connectivity index (χ2n) is 8.31. The van der Waals surface area contributed by atoms with Crippen molar-refractivity contribution in [3.8, 4) is 0 Å². The van der Waals surface area contributed by atoms with Crippen molar-refractivity contribution in [2.75, 3.05) is 11.1 Å². The lowest BCUT2D eigenvalue weighted by molar-refractivity contribution is -0.245. The molecule has 36 heavy (non-hydrogen) atoms. The Morgan fingerprint density at radius 3 is 2.53 bits per heavy atom. The third kappa shape index (κ3) is 6.91. The van der Waals surface area contributed by atoms with Gasteiger partial charge < -0.3 is 24.6 Å². The molecule has 10 nitrogen and oxygen atoms in total. The van der Waals surface area contributed by atoms with Crippen molar-refractivity contribution in [2.45, 2.75) is 56.6 Å². The smallest absolute Gasteiger partial charge is 0.303 e. The first-order valence-electron chi connectivity index (χ1n) is 11.5. The van der Waals surface area contributed by atoms with Crippen molar-refractivity contribution in [2.24, 2.45) is 0 Å². The van der Waals surface area contributed by atoms with Gasteiger partial charge in [0.15, 0.2) is 17.6 Å². The molecule has 1 fully saturated rings. The summed E-state index contributed by atoms with van der Waals surface area (Å²) in [6.45, 7) is 2.75. The minimum absolute atomic E-state index is 0.0173. The van der Waals surface area contributed by atoms with Gasteiger partial charge in [-0.15, -0.1) is 0 Å². The summed E-state index contributed by atoms with van der Waals surface area (Å²) >= 11 is 1.52. The molecule has 0 radical (unpaired) electrons. The number of hydrogen-bond acceptors (Lipinski definition) is 9. The van der Waals surface area contributed by atoms with E-state index in [1.54, 1.807) is 12.1 Å². The number of aromatic nitrogens is 3. The summed E-state index contributed by atoms with van der Waals surface area (Å²) in [6, 6.07) is 14.8. The summed E-state index contributed by atoms with van der Waals surface area (Å²) in [4.78, 5) is 27.5. The molecule has 3 N–H and O–H groups in total. The SMILES string of the molecule is CC(=O)OC(C)C(=O)Nc1ccc(C2OC(CSc3ncn[nH]3)CC(c3ccc(CO)cc3)O2)cc1. The summed E-state index contributed by atoms with van der Waals surface area (Å²) in [5.74, 6) is -0.280. The molecule has 1 aliphatic rings. The van der Waals surface area contributed by atoms with Crippen LogP contribution in [-0.2, 0) is 30.4 Å². The summed E-state index contributed by atoms with van der Waals surface area (Å²) < 4.78 is 17.5. The number of carbonyl (C=O) groups is 2. The lowest BCUT2D eigenvalue weighted by Gasteiger charge is -2.36. The highest BCUT2D eigenvalue weighted by molar-refractivity contribution is 7.99. The number of esters is 1. The third-order valence-electron chi connectivity index (χ3n) is 5.58. The zero-order valence-electron chi connectivity index (χ0n) is 19.9. The molecule has 4 unspecified atom stereocenters. The lowest BCUT2D eigenvalue weighted by atomic mass is 10.0. The number of rotatable bonds is 9. The maximum Gasteiger partial charge on any atom is 0.303 e. The molecule has 0 spiro atoms. The Bertz CT molecular complexity index is 1140. The lowest BCUT2D eigenvalue weighted by Crippen LogP contribution is -2.31. The van der Waals surface area contributed by atoms with E-state index >= 15 is 0 Å². The van der Waals surface area contributed by atoms with Crippen LogP contribution in [0.4, 0.5) is 5.69 Å². The van der Waals surface area contributed by atoms with E-state index in [1.807, 2.05) is 36.4 Å². The van der Waals surface area contributed by atoms with Crippen LogP contribution < -0.4 is 5.32 Å². The van der Waals surface area contributed by atoms with Gasteiger partial charge in [0.1, 0.15) is 6.33 Å². The van der Waals surface area contributed by atoms with Crippen molar-refractivity contribution < 1.29 is 28.9 Å². The molecular weight excluding hydrogens is 484 g/mol. The van der Waals surface area contributed by atoms with Gasteiger partial charge in [0.05, 0.1) is 18.8 Å². The number of H-pyrrole nitrogens is 1. The van der Waals surface area contributed by atoms with Gasteiger partial charge >= 0.3 is 5.97 Å². The highest BCUT2D eigenvalue weighted by Crippen LogP contribution is 2.39. The maximum atomic E-state index is 12.2. The first-order valence-corrected chi connectivity index (χ1v) is 12.5. The standard InChI is InChI=1S/C25H28N4O6S/c1-15(33-16(2)31)23(32)28-20-9-7-19(8-10-20)24-34-21(13-36-25-26-14-27-29-25)11-22(35-24)18-5-3-17(12-30)4-6-18/h3-10,14-15,21-22,24,30H,11-13H2,1-2H3,(H,28,32)(H,26,27,29). The molecule has 4 atom stereocenters. The fourth-order valence-electron chi connectivity index (χ4n) is 3.73. The van der Waals surface area contributed by atoms with Gasteiger partial charge in [-0.3, -0.25) is 14.7 Å². The van der Waals surface area contributed by atoms with E-state index in [2.05, 4.69) is 20.5 Å². The molecule has 2 aromatic carbocycles. The molecule has 3 aromatic rings. The van der Waals surface area contributed by atoms with Crippen LogP contribution in [0.25, 0.3) is 0 Å². The number of aliphatic hydroxyl groups excluding tert-OH is 1.